The van der Waals surface area contributed by atoms with Crippen LogP contribution in [0.3, 0.4) is 0 Å². The molecule has 0 N–H and O–H groups in total. The number of methoxy groups -OCH3 is 1. The Morgan fingerprint density at radius 1 is 1.21 bits per heavy atom. The zero-order valence-corrected chi connectivity index (χ0v) is 13.9. The van der Waals surface area contributed by atoms with Crippen LogP contribution in [0.4, 0.5) is 0 Å². The summed E-state index contributed by atoms with van der Waals surface area (Å²) in [7, 11) is -1.92. The molecule has 0 saturated carbocycles. The third kappa shape index (κ3) is 3.94. The number of rotatable bonds is 7. The topological polar surface area (TPSA) is 46.6 Å². The average molecular weight is 350 g/mol. The number of halogens is 1. The van der Waals surface area contributed by atoms with Crippen LogP contribution in [0.2, 0.25) is 0 Å². The highest BCUT2D eigenvalue weighted by molar-refractivity contribution is 9.10. The van der Waals surface area contributed by atoms with Crippen LogP contribution >= 0.6 is 15.9 Å². The maximum Gasteiger partial charge on any atom is 0.243 e. The molecule has 0 aromatic heterocycles. The second-order valence-corrected chi connectivity index (χ2v) is 6.99. The van der Waals surface area contributed by atoms with Gasteiger partial charge in [0.1, 0.15) is 5.75 Å². The zero-order valence-electron chi connectivity index (χ0n) is 11.5. The summed E-state index contributed by atoms with van der Waals surface area (Å²) in [6.07, 6.45) is 1.60. The van der Waals surface area contributed by atoms with E-state index < -0.39 is 10.0 Å². The second kappa shape index (κ2) is 7.26. The minimum atomic E-state index is -3.44. The van der Waals surface area contributed by atoms with Gasteiger partial charge in [-0.1, -0.05) is 13.8 Å². The largest absolute Gasteiger partial charge is 0.496 e. The molecule has 0 atom stereocenters. The molecule has 0 amide bonds. The Bertz CT molecular complexity index is 511. The standard InChI is InChI=1S/C13H20BrNO3S/c1-4-8-15(9-5-2)19(16,17)11-6-7-12(14)13(10-11)18-3/h6-7,10H,4-5,8-9H2,1-3H3. The predicted octanol–water partition coefficient (Wildman–Crippen LogP) is 3.27. The molecule has 1 aromatic carbocycles. The number of benzene rings is 1. The number of ether oxygens (including phenoxy) is 1. The smallest absolute Gasteiger partial charge is 0.243 e. The number of sulfonamides is 1. The highest BCUT2D eigenvalue weighted by Crippen LogP contribution is 2.29. The Labute approximate surface area is 123 Å². The summed E-state index contributed by atoms with van der Waals surface area (Å²) in [5.74, 6) is 0.522. The maximum absolute atomic E-state index is 12.5. The van der Waals surface area contributed by atoms with E-state index in [1.807, 2.05) is 13.8 Å². The van der Waals surface area contributed by atoms with Gasteiger partial charge < -0.3 is 4.74 Å². The van der Waals surface area contributed by atoms with Crippen LogP contribution in [-0.2, 0) is 10.0 Å². The molecule has 19 heavy (non-hydrogen) atoms. The van der Waals surface area contributed by atoms with E-state index in [2.05, 4.69) is 15.9 Å². The van der Waals surface area contributed by atoms with Crippen LogP contribution in [0, 0.1) is 0 Å². The van der Waals surface area contributed by atoms with E-state index in [1.165, 1.54) is 11.4 Å². The molecule has 1 aromatic rings. The van der Waals surface area contributed by atoms with Gasteiger partial charge >= 0.3 is 0 Å². The summed E-state index contributed by atoms with van der Waals surface area (Å²) in [6, 6.07) is 4.85. The molecule has 4 nitrogen and oxygen atoms in total. The van der Waals surface area contributed by atoms with Gasteiger partial charge in [-0.3, -0.25) is 0 Å². The van der Waals surface area contributed by atoms with Crippen molar-refractivity contribution < 1.29 is 13.2 Å². The van der Waals surface area contributed by atoms with Crippen molar-refractivity contribution in [3.63, 3.8) is 0 Å². The van der Waals surface area contributed by atoms with Gasteiger partial charge in [0, 0.05) is 19.2 Å². The van der Waals surface area contributed by atoms with Crippen LogP contribution in [0.1, 0.15) is 26.7 Å². The van der Waals surface area contributed by atoms with Crippen molar-refractivity contribution in [3.8, 4) is 5.75 Å². The van der Waals surface area contributed by atoms with E-state index in [0.717, 1.165) is 17.3 Å². The first-order valence-corrected chi connectivity index (χ1v) is 8.54. The lowest BCUT2D eigenvalue weighted by Gasteiger charge is -2.21. The first-order chi connectivity index (χ1) is 8.97. The molecule has 0 spiro atoms. The third-order valence-corrected chi connectivity index (χ3v) is 5.26. The first-order valence-electron chi connectivity index (χ1n) is 6.31. The van der Waals surface area contributed by atoms with Gasteiger partial charge in [-0.15, -0.1) is 0 Å². The Balaban J connectivity index is 3.17. The van der Waals surface area contributed by atoms with Gasteiger partial charge in [-0.2, -0.15) is 4.31 Å². The van der Waals surface area contributed by atoms with Crippen molar-refractivity contribution in [1.82, 2.24) is 4.31 Å². The summed E-state index contributed by atoms with van der Waals surface area (Å²) in [6.45, 7) is 5.02. The lowest BCUT2D eigenvalue weighted by Crippen LogP contribution is -2.32. The maximum atomic E-state index is 12.5. The van der Waals surface area contributed by atoms with Gasteiger partial charge in [0.05, 0.1) is 16.5 Å². The number of hydrogen-bond donors (Lipinski definition) is 0. The third-order valence-electron chi connectivity index (χ3n) is 2.71. The van der Waals surface area contributed by atoms with E-state index in [4.69, 9.17) is 4.74 Å². The van der Waals surface area contributed by atoms with Crippen molar-refractivity contribution >= 4 is 26.0 Å². The Morgan fingerprint density at radius 2 is 1.79 bits per heavy atom. The molecule has 0 unspecified atom stereocenters. The average Bonchev–Trinajstić information content (AvgIpc) is 2.38. The van der Waals surface area contributed by atoms with Crippen LogP contribution in [-0.4, -0.2) is 32.9 Å². The minimum absolute atomic E-state index is 0.273. The molecule has 108 valence electrons. The van der Waals surface area contributed by atoms with Crippen LogP contribution < -0.4 is 4.74 Å². The number of nitrogens with zero attached hydrogens (tertiary/aromatic N) is 1. The molecule has 0 heterocycles. The second-order valence-electron chi connectivity index (χ2n) is 4.20. The molecule has 0 aliphatic rings. The molecule has 1 rings (SSSR count). The van der Waals surface area contributed by atoms with Crippen molar-refractivity contribution in [3.05, 3.63) is 22.7 Å². The van der Waals surface area contributed by atoms with Gasteiger partial charge in [0.2, 0.25) is 10.0 Å². The van der Waals surface area contributed by atoms with E-state index >= 15 is 0 Å². The Morgan fingerprint density at radius 3 is 2.26 bits per heavy atom. The fraction of sp³-hybridized carbons (Fsp3) is 0.538. The quantitative estimate of drug-likeness (QED) is 0.758. The summed E-state index contributed by atoms with van der Waals surface area (Å²) in [4.78, 5) is 0.273. The molecule has 0 radical (unpaired) electrons. The molecule has 0 saturated heterocycles. The van der Waals surface area contributed by atoms with E-state index in [9.17, 15) is 8.42 Å². The summed E-state index contributed by atoms with van der Waals surface area (Å²) >= 11 is 3.32. The SMILES string of the molecule is CCCN(CCC)S(=O)(=O)c1ccc(Br)c(OC)c1. The Hall–Kier alpha value is -0.590. The van der Waals surface area contributed by atoms with Crippen molar-refractivity contribution in [2.75, 3.05) is 20.2 Å². The highest BCUT2D eigenvalue weighted by Gasteiger charge is 2.23. The summed E-state index contributed by atoms with van der Waals surface area (Å²) < 4.78 is 32.5. The molecule has 0 aliphatic heterocycles. The normalized spacial score (nSPS) is 11.8. The zero-order chi connectivity index (χ0) is 14.5. The molecule has 0 aliphatic carbocycles. The fourth-order valence-electron chi connectivity index (χ4n) is 1.80. The summed E-state index contributed by atoms with van der Waals surface area (Å²) in [5.41, 5.74) is 0. The first kappa shape index (κ1) is 16.5. The summed E-state index contributed by atoms with van der Waals surface area (Å²) in [5, 5.41) is 0. The molecule has 6 heteroatoms. The van der Waals surface area contributed by atoms with Gasteiger partial charge in [0.15, 0.2) is 0 Å². The van der Waals surface area contributed by atoms with Gasteiger partial charge in [-0.05, 0) is 40.9 Å². The van der Waals surface area contributed by atoms with E-state index in [0.29, 0.717) is 18.8 Å². The van der Waals surface area contributed by atoms with E-state index in [-0.39, 0.29) is 4.90 Å². The minimum Gasteiger partial charge on any atom is -0.496 e. The predicted molar refractivity (Wildman–Crippen MR) is 80.0 cm³/mol. The molecular weight excluding hydrogens is 330 g/mol. The highest BCUT2D eigenvalue weighted by atomic mass is 79.9. The monoisotopic (exact) mass is 349 g/mol. The Kier molecular flexibility index (Phi) is 6.29. The van der Waals surface area contributed by atoms with Crippen LogP contribution in [0.25, 0.3) is 0 Å². The van der Waals surface area contributed by atoms with Gasteiger partial charge in [-0.25, -0.2) is 8.42 Å². The molecular formula is C13H20BrNO3S. The lowest BCUT2D eigenvalue weighted by molar-refractivity contribution is 0.403. The fourth-order valence-corrected chi connectivity index (χ4v) is 3.85. The van der Waals surface area contributed by atoms with E-state index in [1.54, 1.807) is 18.2 Å². The van der Waals surface area contributed by atoms with Crippen LogP contribution in [0.15, 0.2) is 27.6 Å². The van der Waals surface area contributed by atoms with Crippen molar-refractivity contribution in [2.45, 2.75) is 31.6 Å². The molecule has 0 fully saturated rings. The van der Waals surface area contributed by atoms with Crippen molar-refractivity contribution in [2.24, 2.45) is 0 Å². The lowest BCUT2D eigenvalue weighted by atomic mass is 10.3. The van der Waals surface area contributed by atoms with Crippen LogP contribution in [0.5, 0.6) is 5.75 Å². The molecule has 0 bridgehead atoms. The number of hydrogen-bond acceptors (Lipinski definition) is 3. The van der Waals surface area contributed by atoms with Crippen molar-refractivity contribution in [1.29, 1.82) is 0 Å². The van der Waals surface area contributed by atoms with Gasteiger partial charge in [0.25, 0.3) is 0 Å².